The molecule has 3 aromatic heterocycles. The molecule has 0 amide bonds. The fourth-order valence-corrected chi connectivity index (χ4v) is 2.83. The first kappa shape index (κ1) is 14.3. The van der Waals surface area contributed by atoms with Crippen LogP contribution in [0, 0.1) is 0 Å². The average Bonchev–Trinajstić information content (AvgIpc) is 3.28. The maximum Gasteiger partial charge on any atom is 0.166 e. The van der Waals surface area contributed by atoms with Gasteiger partial charge in [-0.3, -0.25) is 4.57 Å². The number of aliphatic hydroxyl groups excluding tert-OH is 3. The number of ether oxygens (including phenoxy) is 1. The molecule has 4 atom stereocenters. The van der Waals surface area contributed by atoms with Crippen molar-refractivity contribution in [2.75, 3.05) is 6.61 Å². The van der Waals surface area contributed by atoms with Crippen molar-refractivity contribution >= 4 is 11.2 Å². The molecule has 1 fully saturated rings. The molecule has 0 spiro atoms. The summed E-state index contributed by atoms with van der Waals surface area (Å²) in [6.45, 7) is -0.384. The summed E-state index contributed by atoms with van der Waals surface area (Å²) in [4.78, 5) is 15.7. The van der Waals surface area contributed by atoms with Crippen molar-refractivity contribution in [1.82, 2.24) is 24.5 Å². The van der Waals surface area contributed by atoms with Gasteiger partial charge in [-0.05, 0) is 6.07 Å². The van der Waals surface area contributed by atoms with Crippen LogP contribution in [-0.2, 0) is 4.74 Å². The minimum Gasteiger partial charge on any atom is -0.394 e. The van der Waals surface area contributed by atoms with E-state index in [0.717, 1.165) is 5.56 Å². The minimum atomic E-state index is -1.18. The molecule has 0 aliphatic carbocycles. The van der Waals surface area contributed by atoms with Crippen LogP contribution in [0.15, 0.2) is 31.1 Å². The Labute approximate surface area is 130 Å². The van der Waals surface area contributed by atoms with Crippen LogP contribution in [0.2, 0.25) is 0 Å². The van der Waals surface area contributed by atoms with Crippen molar-refractivity contribution in [3.8, 4) is 11.3 Å². The van der Waals surface area contributed by atoms with Gasteiger partial charge in [0.1, 0.15) is 35.8 Å². The zero-order chi connectivity index (χ0) is 16.0. The summed E-state index contributed by atoms with van der Waals surface area (Å²) in [6, 6.07) is 1.87. The Morgan fingerprint density at radius 3 is 2.78 bits per heavy atom. The van der Waals surface area contributed by atoms with E-state index in [1.54, 1.807) is 12.4 Å². The molecule has 1 unspecified atom stereocenters. The summed E-state index contributed by atoms with van der Waals surface area (Å²) >= 11 is 0. The highest BCUT2D eigenvalue weighted by molar-refractivity contribution is 5.86. The number of fused-ring (bicyclic) bond motifs is 1. The van der Waals surface area contributed by atoms with Crippen LogP contribution in [0.3, 0.4) is 0 Å². The topological polar surface area (TPSA) is 129 Å². The molecular formula is C14H15N5O4. The number of nitrogens with one attached hydrogen (secondary N) is 1. The highest BCUT2D eigenvalue weighted by Crippen LogP contribution is 2.32. The number of hydrogen-bond donors (Lipinski definition) is 4. The van der Waals surface area contributed by atoms with E-state index in [-0.39, 0.29) is 6.61 Å². The molecule has 120 valence electrons. The molecule has 3 aromatic rings. The standard InChI is InChI=1S/C14H15N5O4/c20-4-8-11(21)12(22)14(23-8)19-6-18-10-9(7-1-2-15-3-7)16-5-17-13(10)19/h1-3,5-6,8,11-12,14-15,20-22H,4H2/t8-,11-,12-,14?/m1/s1. The highest BCUT2D eigenvalue weighted by atomic mass is 16.6. The van der Waals surface area contributed by atoms with Gasteiger partial charge in [0.05, 0.1) is 12.9 Å². The third-order valence-corrected chi connectivity index (χ3v) is 4.02. The molecule has 4 N–H and O–H groups in total. The average molecular weight is 317 g/mol. The molecule has 1 aliphatic rings. The Morgan fingerprint density at radius 1 is 1.22 bits per heavy atom. The zero-order valence-corrected chi connectivity index (χ0v) is 11.9. The van der Waals surface area contributed by atoms with E-state index in [9.17, 15) is 15.3 Å². The summed E-state index contributed by atoms with van der Waals surface area (Å²) in [5.41, 5.74) is 2.56. The first-order chi connectivity index (χ1) is 11.2. The Morgan fingerprint density at radius 2 is 2.09 bits per heavy atom. The number of rotatable bonds is 3. The predicted molar refractivity (Wildman–Crippen MR) is 78.1 cm³/mol. The van der Waals surface area contributed by atoms with Crippen LogP contribution in [0.4, 0.5) is 0 Å². The van der Waals surface area contributed by atoms with Crippen molar-refractivity contribution in [3.63, 3.8) is 0 Å². The van der Waals surface area contributed by atoms with Gasteiger partial charge in [-0.25, -0.2) is 15.0 Å². The van der Waals surface area contributed by atoms with Crippen molar-refractivity contribution in [3.05, 3.63) is 31.1 Å². The van der Waals surface area contributed by atoms with Crippen LogP contribution >= 0.6 is 0 Å². The third kappa shape index (κ3) is 2.13. The lowest BCUT2D eigenvalue weighted by atomic mass is 10.1. The number of H-pyrrole nitrogens is 1. The van der Waals surface area contributed by atoms with Gasteiger partial charge in [0, 0.05) is 18.0 Å². The van der Waals surface area contributed by atoms with Crippen molar-refractivity contribution in [2.24, 2.45) is 0 Å². The summed E-state index contributed by atoms with van der Waals surface area (Å²) in [7, 11) is 0. The van der Waals surface area contributed by atoms with E-state index in [1.807, 2.05) is 6.07 Å². The number of aliphatic hydroxyl groups is 3. The van der Waals surface area contributed by atoms with Gasteiger partial charge in [-0.15, -0.1) is 0 Å². The van der Waals surface area contributed by atoms with Gasteiger partial charge in [0.15, 0.2) is 11.9 Å². The third-order valence-electron chi connectivity index (χ3n) is 4.02. The fourth-order valence-electron chi connectivity index (χ4n) is 2.83. The second kappa shape index (κ2) is 5.39. The first-order valence-corrected chi connectivity index (χ1v) is 7.14. The van der Waals surface area contributed by atoms with E-state index >= 15 is 0 Å². The summed E-state index contributed by atoms with van der Waals surface area (Å²) in [5.74, 6) is 0. The maximum absolute atomic E-state index is 10.2. The number of aromatic nitrogens is 5. The smallest absolute Gasteiger partial charge is 0.166 e. The minimum absolute atomic E-state index is 0.384. The summed E-state index contributed by atoms with van der Waals surface area (Å²) in [5, 5.41) is 29.3. The van der Waals surface area contributed by atoms with Gasteiger partial charge >= 0.3 is 0 Å². The molecule has 9 nitrogen and oxygen atoms in total. The molecule has 9 heteroatoms. The highest BCUT2D eigenvalue weighted by Gasteiger charge is 2.44. The van der Waals surface area contributed by atoms with Crippen molar-refractivity contribution in [2.45, 2.75) is 24.5 Å². The van der Waals surface area contributed by atoms with Crippen LogP contribution in [0.1, 0.15) is 6.23 Å². The lowest BCUT2D eigenvalue weighted by molar-refractivity contribution is -0.0511. The number of aromatic amines is 1. The van der Waals surface area contributed by atoms with E-state index in [2.05, 4.69) is 19.9 Å². The van der Waals surface area contributed by atoms with E-state index in [1.165, 1.54) is 17.2 Å². The van der Waals surface area contributed by atoms with E-state index in [4.69, 9.17) is 4.74 Å². The SMILES string of the molecule is OC[C@H]1OC(n2cnc3c(-c4cc[nH]c4)ncnc32)[C@H](O)[C@@H]1O. The van der Waals surface area contributed by atoms with Crippen LogP contribution in [-0.4, -0.2) is 64.7 Å². The molecular weight excluding hydrogens is 302 g/mol. The molecule has 23 heavy (non-hydrogen) atoms. The van der Waals surface area contributed by atoms with Crippen LogP contribution < -0.4 is 0 Å². The molecule has 4 heterocycles. The fraction of sp³-hybridized carbons (Fsp3) is 0.357. The first-order valence-electron chi connectivity index (χ1n) is 7.14. The number of imidazole rings is 1. The molecule has 0 saturated carbocycles. The Kier molecular flexibility index (Phi) is 3.34. The maximum atomic E-state index is 10.2. The molecule has 4 rings (SSSR count). The second-order valence-electron chi connectivity index (χ2n) is 5.37. The van der Waals surface area contributed by atoms with Crippen molar-refractivity contribution < 1.29 is 20.1 Å². The lowest BCUT2D eigenvalue weighted by Gasteiger charge is -2.16. The zero-order valence-electron chi connectivity index (χ0n) is 11.9. The Hall–Kier alpha value is -2.33. The molecule has 0 radical (unpaired) electrons. The van der Waals surface area contributed by atoms with E-state index < -0.39 is 24.5 Å². The normalized spacial score (nSPS) is 27.8. The monoisotopic (exact) mass is 317 g/mol. The van der Waals surface area contributed by atoms with Crippen molar-refractivity contribution in [1.29, 1.82) is 0 Å². The van der Waals surface area contributed by atoms with Crippen LogP contribution in [0.5, 0.6) is 0 Å². The van der Waals surface area contributed by atoms with Gasteiger partial charge in [-0.1, -0.05) is 0 Å². The Balaban J connectivity index is 1.80. The Bertz CT molecular complexity index is 818. The van der Waals surface area contributed by atoms with Gasteiger partial charge in [-0.2, -0.15) is 0 Å². The lowest BCUT2D eigenvalue weighted by Crippen LogP contribution is -2.33. The predicted octanol–water partition coefficient (Wildman–Crippen LogP) is -0.567. The second-order valence-corrected chi connectivity index (χ2v) is 5.37. The van der Waals surface area contributed by atoms with Gasteiger partial charge in [0.25, 0.3) is 0 Å². The van der Waals surface area contributed by atoms with Gasteiger partial charge < -0.3 is 25.0 Å². The molecule has 1 aliphatic heterocycles. The number of nitrogens with zero attached hydrogens (tertiary/aromatic N) is 4. The molecule has 0 aromatic carbocycles. The van der Waals surface area contributed by atoms with Gasteiger partial charge in [0.2, 0.25) is 0 Å². The quantitative estimate of drug-likeness (QED) is 0.509. The summed E-state index contributed by atoms with van der Waals surface area (Å²) in [6.07, 6.45) is 2.39. The molecule has 1 saturated heterocycles. The largest absolute Gasteiger partial charge is 0.394 e. The van der Waals surface area contributed by atoms with Crippen LogP contribution in [0.25, 0.3) is 22.4 Å². The van der Waals surface area contributed by atoms with E-state index in [0.29, 0.717) is 16.9 Å². The number of hydrogen-bond acceptors (Lipinski definition) is 7. The summed E-state index contributed by atoms with van der Waals surface area (Å²) < 4.78 is 7.06. The molecule has 0 bridgehead atoms.